The Morgan fingerprint density at radius 3 is 2.73 bits per heavy atom. The molecule has 3 rings (SSSR count). The number of rotatable bonds is 2. The second-order valence-electron chi connectivity index (χ2n) is 4.97. The average Bonchev–Trinajstić information content (AvgIpc) is 2.93. The van der Waals surface area contributed by atoms with E-state index in [9.17, 15) is 14.7 Å². The monoisotopic (exact) mass is 306 g/mol. The number of anilines is 1. The van der Waals surface area contributed by atoms with E-state index in [4.69, 9.17) is 5.73 Å². The van der Waals surface area contributed by atoms with Crippen LogP contribution in [0.4, 0.5) is 5.95 Å². The smallest absolute Gasteiger partial charge is 0.278 e. The summed E-state index contributed by atoms with van der Waals surface area (Å²) in [6, 6.07) is 0.950. The van der Waals surface area contributed by atoms with Crippen LogP contribution in [0.3, 0.4) is 0 Å². The maximum atomic E-state index is 12.3. The first-order valence-electron chi connectivity index (χ1n) is 6.67. The molecule has 11 nitrogen and oxygen atoms in total. The summed E-state index contributed by atoms with van der Waals surface area (Å²) in [5, 5.41) is 26.4. The van der Waals surface area contributed by atoms with E-state index >= 15 is 0 Å². The summed E-state index contributed by atoms with van der Waals surface area (Å²) in [6.07, 6.45) is 1.26. The molecule has 116 valence electrons. The van der Waals surface area contributed by atoms with Gasteiger partial charge in [0.05, 0.1) is 6.04 Å². The summed E-state index contributed by atoms with van der Waals surface area (Å²) in [4.78, 5) is 24.9. The minimum absolute atomic E-state index is 0.0242. The highest BCUT2D eigenvalue weighted by Crippen LogP contribution is 2.24. The number of aromatic hydroxyl groups is 1. The third-order valence-electron chi connectivity index (χ3n) is 3.61. The van der Waals surface area contributed by atoms with Crippen LogP contribution in [-0.4, -0.2) is 59.4 Å². The zero-order chi connectivity index (χ0) is 15.7. The predicted molar refractivity (Wildman–Crippen MR) is 72.9 cm³/mol. The van der Waals surface area contributed by atoms with Crippen LogP contribution in [0.5, 0.6) is 5.75 Å². The third-order valence-corrected chi connectivity index (χ3v) is 3.61. The Morgan fingerprint density at radius 1 is 1.41 bits per heavy atom. The molecule has 0 radical (unpaired) electrons. The van der Waals surface area contributed by atoms with Crippen LogP contribution in [0.25, 0.3) is 0 Å². The molecule has 2 aromatic heterocycles. The second-order valence-corrected chi connectivity index (χ2v) is 4.97. The lowest BCUT2D eigenvalue weighted by Crippen LogP contribution is -2.40. The summed E-state index contributed by atoms with van der Waals surface area (Å²) < 4.78 is 1.54. The van der Waals surface area contributed by atoms with E-state index in [1.54, 1.807) is 4.90 Å². The van der Waals surface area contributed by atoms with E-state index in [0.717, 1.165) is 6.07 Å². The number of piperidine rings is 1. The molecule has 1 aliphatic rings. The van der Waals surface area contributed by atoms with Crippen molar-refractivity contribution in [2.24, 2.45) is 0 Å². The number of nitrogen functional groups attached to an aromatic ring is 1. The highest BCUT2D eigenvalue weighted by atomic mass is 16.3. The van der Waals surface area contributed by atoms with Gasteiger partial charge in [0.1, 0.15) is 0 Å². The number of nitrogens with one attached hydrogen (secondary N) is 1. The first kappa shape index (κ1) is 14.0. The van der Waals surface area contributed by atoms with Gasteiger partial charge in [-0.1, -0.05) is 5.10 Å². The number of H-pyrrole nitrogens is 1. The SMILES string of the molecule is Nc1nnnn1C1CCN(C(=O)c2n[nH]c(=O)cc2O)CC1. The molecule has 1 fully saturated rings. The molecule has 3 heterocycles. The Bertz CT molecular complexity index is 746. The number of carbonyl (C=O) groups is 1. The molecule has 0 unspecified atom stereocenters. The van der Waals surface area contributed by atoms with Gasteiger partial charge in [-0.15, -0.1) is 0 Å². The maximum absolute atomic E-state index is 12.3. The lowest BCUT2D eigenvalue weighted by atomic mass is 10.0. The van der Waals surface area contributed by atoms with E-state index in [1.165, 1.54) is 4.68 Å². The van der Waals surface area contributed by atoms with Gasteiger partial charge < -0.3 is 15.7 Å². The van der Waals surface area contributed by atoms with Crippen LogP contribution in [-0.2, 0) is 0 Å². The van der Waals surface area contributed by atoms with Crippen molar-refractivity contribution >= 4 is 11.9 Å². The van der Waals surface area contributed by atoms with Gasteiger partial charge in [0.25, 0.3) is 11.5 Å². The Balaban J connectivity index is 1.70. The lowest BCUT2D eigenvalue weighted by Gasteiger charge is -2.31. The predicted octanol–water partition coefficient (Wildman–Crippen LogP) is -1.48. The number of hydrogen-bond acceptors (Lipinski definition) is 8. The molecule has 0 saturated carbocycles. The van der Waals surface area contributed by atoms with Gasteiger partial charge in [-0.3, -0.25) is 9.59 Å². The number of hydrogen-bond donors (Lipinski definition) is 3. The molecule has 1 aliphatic heterocycles. The minimum atomic E-state index is -0.568. The lowest BCUT2D eigenvalue weighted by molar-refractivity contribution is 0.0679. The van der Waals surface area contributed by atoms with Gasteiger partial charge in [-0.05, 0) is 23.3 Å². The highest BCUT2D eigenvalue weighted by molar-refractivity contribution is 5.94. The van der Waals surface area contributed by atoms with Crippen LogP contribution in [0, 0.1) is 0 Å². The molecule has 22 heavy (non-hydrogen) atoms. The molecule has 4 N–H and O–H groups in total. The Labute approximate surface area is 123 Å². The van der Waals surface area contributed by atoms with Crippen molar-refractivity contribution in [3.8, 4) is 5.75 Å². The van der Waals surface area contributed by atoms with Crippen LogP contribution in [0.15, 0.2) is 10.9 Å². The summed E-state index contributed by atoms with van der Waals surface area (Å²) in [6.45, 7) is 0.895. The van der Waals surface area contributed by atoms with Crippen molar-refractivity contribution in [2.45, 2.75) is 18.9 Å². The first-order valence-corrected chi connectivity index (χ1v) is 6.67. The largest absolute Gasteiger partial charge is 0.505 e. The van der Waals surface area contributed by atoms with Gasteiger partial charge in [0.2, 0.25) is 5.95 Å². The van der Waals surface area contributed by atoms with E-state index in [1.807, 2.05) is 0 Å². The summed E-state index contributed by atoms with van der Waals surface area (Å²) in [5.74, 6) is -0.623. The van der Waals surface area contributed by atoms with Gasteiger partial charge in [-0.2, -0.15) is 5.10 Å². The van der Waals surface area contributed by atoms with Crippen molar-refractivity contribution < 1.29 is 9.90 Å². The van der Waals surface area contributed by atoms with Gasteiger partial charge in [0.15, 0.2) is 11.4 Å². The fraction of sp³-hybridized carbons (Fsp3) is 0.455. The molecular weight excluding hydrogens is 292 g/mol. The van der Waals surface area contributed by atoms with Gasteiger partial charge in [0, 0.05) is 19.2 Å². The quantitative estimate of drug-likeness (QED) is 0.606. The zero-order valence-electron chi connectivity index (χ0n) is 11.5. The standard InChI is InChI=1S/C11H14N8O3/c12-11-15-16-17-19(11)6-1-3-18(4-2-6)10(22)9-7(20)5-8(21)13-14-9/h5-6H,1-4H2,(H2,12,15,17)(H2,13,20,21). The summed E-state index contributed by atoms with van der Waals surface area (Å²) in [7, 11) is 0. The van der Waals surface area contributed by atoms with Crippen molar-refractivity contribution in [1.82, 2.24) is 35.3 Å². The average molecular weight is 306 g/mol. The van der Waals surface area contributed by atoms with Crippen LogP contribution < -0.4 is 11.3 Å². The molecule has 0 bridgehead atoms. The number of aromatic amines is 1. The Kier molecular flexibility index (Phi) is 3.45. The van der Waals surface area contributed by atoms with Crippen LogP contribution in [0.1, 0.15) is 29.4 Å². The molecule has 2 aromatic rings. The maximum Gasteiger partial charge on any atom is 0.278 e. The fourth-order valence-electron chi connectivity index (χ4n) is 2.47. The number of carbonyl (C=O) groups excluding carboxylic acids is 1. The molecular formula is C11H14N8O3. The van der Waals surface area contributed by atoms with Gasteiger partial charge >= 0.3 is 0 Å². The molecule has 1 saturated heterocycles. The van der Waals surface area contributed by atoms with E-state index in [-0.39, 0.29) is 17.7 Å². The van der Waals surface area contributed by atoms with Crippen LogP contribution >= 0.6 is 0 Å². The van der Waals surface area contributed by atoms with E-state index in [2.05, 4.69) is 25.7 Å². The first-order chi connectivity index (χ1) is 10.6. The minimum Gasteiger partial charge on any atom is -0.505 e. The Hall–Kier alpha value is -2.98. The van der Waals surface area contributed by atoms with Crippen molar-refractivity contribution in [3.63, 3.8) is 0 Å². The fourth-order valence-corrected chi connectivity index (χ4v) is 2.47. The normalized spacial score (nSPS) is 15.9. The van der Waals surface area contributed by atoms with E-state index < -0.39 is 17.2 Å². The Morgan fingerprint density at radius 2 is 2.14 bits per heavy atom. The third kappa shape index (κ3) is 2.47. The topological polar surface area (TPSA) is 156 Å². The number of tetrazole rings is 1. The number of aromatic nitrogens is 6. The number of amides is 1. The molecule has 0 spiro atoms. The zero-order valence-corrected chi connectivity index (χ0v) is 11.5. The van der Waals surface area contributed by atoms with Crippen LogP contribution in [0.2, 0.25) is 0 Å². The number of likely N-dealkylation sites (tertiary alicyclic amines) is 1. The van der Waals surface area contributed by atoms with Crippen molar-refractivity contribution in [2.75, 3.05) is 18.8 Å². The van der Waals surface area contributed by atoms with Crippen molar-refractivity contribution in [1.29, 1.82) is 0 Å². The molecule has 1 amide bonds. The van der Waals surface area contributed by atoms with Gasteiger partial charge in [-0.25, -0.2) is 9.78 Å². The number of nitrogens with two attached hydrogens (primary N) is 1. The van der Waals surface area contributed by atoms with Crippen molar-refractivity contribution in [3.05, 3.63) is 22.1 Å². The summed E-state index contributed by atoms with van der Waals surface area (Å²) in [5.41, 5.74) is 4.93. The molecule has 0 aromatic carbocycles. The second kappa shape index (κ2) is 5.42. The van der Waals surface area contributed by atoms with E-state index in [0.29, 0.717) is 25.9 Å². The molecule has 0 atom stereocenters. The number of nitrogens with zero attached hydrogens (tertiary/aromatic N) is 6. The summed E-state index contributed by atoms with van der Waals surface area (Å²) >= 11 is 0. The molecule has 11 heteroatoms. The highest BCUT2D eigenvalue weighted by Gasteiger charge is 2.28. The molecule has 0 aliphatic carbocycles.